The zero-order valence-corrected chi connectivity index (χ0v) is 9.00. The lowest BCUT2D eigenvalue weighted by atomic mass is 10.2. The van der Waals surface area contributed by atoms with E-state index in [1.165, 1.54) is 0 Å². The highest BCUT2D eigenvalue weighted by atomic mass is 16.5. The van der Waals surface area contributed by atoms with E-state index in [9.17, 15) is 0 Å². The maximum Gasteiger partial charge on any atom is 0.170 e. The van der Waals surface area contributed by atoms with E-state index in [-0.39, 0.29) is 6.61 Å². The molecule has 1 heterocycles. The maximum atomic E-state index is 9.12. The number of benzene rings is 1. The molecule has 0 amide bonds. The van der Waals surface area contributed by atoms with Gasteiger partial charge in [-0.05, 0) is 6.07 Å². The van der Waals surface area contributed by atoms with E-state index in [0.717, 1.165) is 11.4 Å². The van der Waals surface area contributed by atoms with Gasteiger partial charge in [-0.15, -0.1) is 10.2 Å². The molecule has 5 heteroatoms. The van der Waals surface area contributed by atoms with Crippen molar-refractivity contribution < 1.29 is 9.84 Å². The Balaban J connectivity index is 2.07. The number of hydrogen-bond donors (Lipinski definition) is 1. The van der Waals surface area contributed by atoms with E-state index in [2.05, 4.69) is 10.2 Å². The number of aliphatic hydroxyl groups is 1. The molecule has 1 aromatic heterocycles. The van der Waals surface area contributed by atoms with Crippen molar-refractivity contribution in [3.63, 3.8) is 0 Å². The van der Waals surface area contributed by atoms with Crippen LogP contribution in [0.1, 0.15) is 11.4 Å². The third kappa shape index (κ3) is 2.20. The van der Waals surface area contributed by atoms with E-state index < -0.39 is 0 Å². The topological polar surface area (TPSA) is 60.2 Å². The average Bonchev–Trinajstić information content (AvgIpc) is 2.72. The standard InChI is InChI=1S/C11H13N3O2/c1-14-8-12-13-11(14)7-16-10-5-3-2-4-9(10)6-15/h2-5,8,15H,6-7H2,1H3. The van der Waals surface area contributed by atoms with Crippen LogP contribution in [-0.4, -0.2) is 19.9 Å². The first kappa shape index (κ1) is 10.6. The summed E-state index contributed by atoms with van der Waals surface area (Å²) in [6.45, 7) is 0.308. The second-order valence-corrected chi connectivity index (χ2v) is 3.41. The minimum Gasteiger partial charge on any atom is -0.485 e. The minimum absolute atomic E-state index is 0.0327. The van der Waals surface area contributed by atoms with E-state index in [1.807, 2.05) is 31.3 Å². The Kier molecular flexibility index (Phi) is 3.16. The molecule has 0 aliphatic heterocycles. The normalized spacial score (nSPS) is 10.4. The van der Waals surface area contributed by atoms with Gasteiger partial charge in [0.15, 0.2) is 5.82 Å². The van der Waals surface area contributed by atoms with Crippen molar-refractivity contribution in [1.82, 2.24) is 14.8 Å². The number of aliphatic hydroxyl groups excluding tert-OH is 1. The van der Waals surface area contributed by atoms with Crippen LogP contribution in [0, 0.1) is 0 Å². The number of rotatable bonds is 4. The molecule has 0 unspecified atom stereocenters. The highest BCUT2D eigenvalue weighted by molar-refractivity contribution is 5.32. The van der Waals surface area contributed by atoms with Crippen LogP contribution < -0.4 is 4.74 Å². The third-order valence-corrected chi connectivity index (χ3v) is 2.30. The van der Waals surface area contributed by atoms with Crippen LogP contribution in [0.3, 0.4) is 0 Å². The fourth-order valence-electron chi connectivity index (χ4n) is 1.36. The summed E-state index contributed by atoms with van der Waals surface area (Å²) in [4.78, 5) is 0. The second kappa shape index (κ2) is 4.76. The van der Waals surface area contributed by atoms with Crippen molar-refractivity contribution in [3.8, 4) is 5.75 Å². The van der Waals surface area contributed by atoms with Crippen LogP contribution in [0.2, 0.25) is 0 Å². The summed E-state index contributed by atoms with van der Waals surface area (Å²) in [6.07, 6.45) is 1.62. The maximum absolute atomic E-state index is 9.12. The molecule has 0 aliphatic carbocycles. The van der Waals surface area contributed by atoms with Gasteiger partial charge in [-0.1, -0.05) is 18.2 Å². The summed E-state index contributed by atoms with van der Waals surface area (Å²) in [5.74, 6) is 1.42. The summed E-state index contributed by atoms with van der Waals surface area (Å²) in [6, 6.07) is 7.37. The molecule has 0 aliphatic rings. The summed E-state index contributed by atoms with van der Waals surface area (Å²) < 4.78 is 7.36. The van der Waals surface area contributed by atoms with Gasteiger partial charge in [0.1, 0.15) is 18.7 Å². The summed E-state index contributed by atoms with van der Waals surface area (Å²) in [5, 5.41) is 16.8. The van der Waals surface area contributed by atoms with Crippen LogP contribution in [0.5, 0.6) is 5.75 Å². The number of para-hydroxylation sites is 1. The number of hydrogen-bond acceptors (Lipinski definition) is 4. The molecule has 2 aromatic rings. The van der Waals surface area contributed by atoms with Crippen LogP contribution in [0.4, 0.5) is 0 Å². The minimum atomic E-state index is -0.0327. The molecular formula is C11H13N3O2. The van der Waals surface area contributed by atoms with Crippen molar-refractivity contribution in [3.05, 3.63) is 42.0 Å². The monoisotopic (exact) mass is 219 g/mol. The Bertz CT molecular complexity index is 468. The largest absolute Gasteiger partial charge is 0.485 e. The lowest BCUT2D eigenvalue weighted by Gasteiger charge is -2.08. The van der Waals surface area contributed by atoms with Crippen LogP contribution >= 0.6 is 0 Å². The Hall–Kier alpha value is -1.88. The first-order valence-electron chi connectivity index (χ1n) is 4.95. The Labute approximate surface area is 93.3 Å². The highest BCUT2D eigenvalue weighted by Crippen LogP contribution is 2.18. The van der Waals surface area contributed by atoms with Crippen molar-refractivity contribution >= 4 is 0 Å². The molecule has 0 saturated heterocycles. The fraction of sp³-hybridized carbons (Fsp3) is 0.273. The Morgan fingerprint density at radius 3 is 2.88 bits per heavy atom. The fourth-order valence-corrected chi connectivity index (χ4v) is 1.36. The molecule has 0 spiro atoms. The number of nitrogens with zero attached hydrogens (tertiary/aromatic N) is 3. The molecular weight excluding hydrogens is 206 g/mol. The first-order valence-corrected chi connectivity index (χ1v) is 4.95. The smallest absolute Gasteiger partial charge is 0.170 e. The van der Waals surface area contributed by atoms with Crippen molar-refractivity contribution in [2.75, 3.05) is 0 Å². The molecule has 5 nitrogen and oxygen atoms in total. The van der Waals surface area contributed by atoms with E-state index in [4.69, 9.17) is 9.84 Å². The van der Waals surface area contributed by atoms with Gasteiger partial charge in [0, 0.05) is 12.6 Å². The van der Waals surface area contributed by atoms with Crippen LogP contribution in [-0.2, 0) is 20.3 Å². The molecule has 2 rings (SSSR count). The molecule has 0 radical (unpaired) electrons. The van der Waals surface area contributed by atoms with Gasteiger partial charge in [-0.25, -0.2) is 0 Å². The number of aryl methyl sites for hydroxylation is 1. The van der Waals surface area contributed by atoms with Crippen molar-refractivity contribution in [1.29, 1.82) is 0 Å². The van der Waals surface area contributed by atoms with Gasteiger partial charge in [-0.3, -0.25) is 0 Å². The highest BCUT2D eigenvalue weighted by Gasteiger charge is 2.04. The quantitative estimate of drug-likeness (QED) is 0.829. The molecule has 1 N–H and O–H groups in total. The van der Waals surface area contributed by atoms with Gasteiger partial charge in [0.05, 0.1) is 6.61 Å². The van der Waals surface area contributed by atoms with Gasteiger partial charge in [0.2, 0.25) is 0 Å². The predicted octanol–water partition coefficient (Wildman–Crippen LogP) is 0.886. The van der Waals surface area contributed by atoms with Crippen LogP contribution in [0.15, 0.2) is 30.6 Å². The summed E-state index contributed by atoms with van der Waals surface area (Å²) in [5.41, 5.74) is 0.768. The van der Waals surface area contributed by atoms with Gasteiger partial charge < -0.3 is 14.4 Å². The zero-order chi connectivity index (χ0) is 11.4. The van der Waals surface area contributed by atoms with Gasteiger partial charge in [-0.2, -0.15) is 0 Å². The number of aromatic nitrogens is 3. The molecule has 0 fully saturated rings. The second-order valence-electron chi connectivity index (χ2n) is 3.41. The first-order chi connectivity index (χ1) is 7.81. The van der Waals surface area contributed by atoms with Crippen LogP contribution in [0.25, 0.3) is 0 Å². The van der Waals surface area contributed by atoms with Gasteiger partial charge in [0.25, 0.3) is 0 Å². The number of ether oxygens (including phenoxy) is 1. The van der Waals surface area contributed by atoms with E-state index in [1.54, 1.807) is 10.9 Å². The lowest BCUT2D eigenvalue weighted by molar-refractivity contribution is 0.254. The Morgan fingerprint density at radius 2 is 2.19 bits per heavy atom. The predicted molar refractivity (Wildman–Crippen MR) is 57.7 cm³/mol. The molecule has 0 bridgehead atoms. The van der Waals surface area contributed by atoms with Crippen molar-refractivity contribution in [2.24, 2.45) is 7.05 Å². The average molecular weight is 219 g/mol. The molecule has 0 atom stereocenters. The van der Waals surface area contributed by atoms with Gasteiger partial charge >= 0.3 is 0 Å². The molecule has 0 saturated carbocycles. The Morgan fingerprint density at radius 1 is 1.38 bits per heavy atom. The SMILES string of the molecule is Cn1cnnc1COc1ccccc1CO. The summed E-state index contributed by atoms with van der Waals surface area (Å²) in [7, 11) is 1.86. The zero-order valence-electron chi connectivity index (χ0n) is 9.00. The summed E-state index contributed by atoms with van der Waals surface area (Å²) >= 11 is 0. The third-order valence-electron chi connectivity index (χ3n) is 2.30. The van der Waals surface area contributed by atoms with Crippen molar-refractivity contribution in [2.45, 2.75) is 13.2 Å². The lowest BCUT2D eigenvalue weighted by Crippen LogP contribution is -2.04. The molecule has 16 heavy (non-hydrogen) atoms. The molecule has 84 valence electrons. The van der Waals surface area contributed by atoms with E-state index in [0.29, 0.717) is 12.4 Å². The van der Waals surface area contributed by atoms with E-state index >= 15 is 0 Å². The molecule has 1 aromatic carbocycles.